The van der Waals surface area contributed by atoms with Gasteiger partial charge in [-0.15, -0.1) is 0 Å². The zero-order valence-corrected chi connectivity index (χ0v) is 14.3. The Bertz CT molecular complexity index is 724. The highest BCUT2D eigenvalue weighted by Gasteiger charge is 2.14. The molecule has 0 atom stereocenters. The second-order valence-corrected chi connectivity index (χ2v) is 5.54. The molecule has 1 amide bonds. The number of amides is 1. The number of para-hydroxylation sites is 1. The first-order chi connectivity index (χ1) is 11.6. The fourth-order valence-corrected chi connectivity index (χ4v) is 2.57. The van der Waals surface area contributed by atoms with Crippen molar-refractivity contribution in [2.45, 2.75) is 19.0 Å². The van der Waals surface area contributed by atoms with Crippen LogP contribution in [0.2, 0.25) is 0 Å². The number of hydrogen-bond acceptors (Lipinski definition) is 6. The lowest BCUT2D eigenvalue weighted by atomic mass is 10.2. The largest absolute Gasteiger partial charge is 0.492 e. The molecule has 0 saturated heterocycles. The number of thioether (sulfide) groups is 1. The lowest BCUT2D eigenvalue weighted by Gasteiger charge is -2.15. The summed E-state index contributed by atoms with van der Waals surface area (Å²) in [5.74, 6) is 0.944. The molecule has 8 heteroatoms. The van der Waals surface area contributed by atoms with E-state index < -0.39 is 0 Å². The van der Waals surface area contributed by atoms with Crippen molar-refractivity contribution >= 4 is 23.4 Å². The first kappa shape index (κ1) is 17.9. The molecule has 0 aliphatic heterocycles. The van der Waals surface area contributed by atoms with E-state index >= 15 is 0 Å². The molecular formula is C16H19N3O4S. The molecule has 2 rings (SSSR count). The van der Waals surface area contributed by atoms with Crippen LogP contribution in [0.25, 0.3) is 0 Å². The Kier molecular flexibility index (Phi) is 6.68. The van der Waals surface area contributed by atoms with Crippen LogP contribution in [0.4, 0.5) is 5.69 Å². The van der Waals surface area contributed by atoms with Crippen LogP contribution < -0.4 is 20.3 Å². The van der Waals surface area contributed by atoms with Crippen molar-refractivity contribution in [2.24, 2.45) is 0 Å². The highest BCUT2D eigenvalue weighted by Crippen LogP contribution is 2.34. The molecule has 1 heterocycles. The third-order valence-corrected chi connectivity index (χ3v) is 3.73. The van der Waals surface area contributed by atoms with Crippen molar-refractivity contribution in [3.8, 4) is 11.5 Å². The normalized spacial score (nSPS) is 10.2. The second kappa shape index (κ2) is 8.97. The molecule has 2 aromatic rings. The standard InChI is InChI=1S/C16H19N3O4S/c1-3-22-11-6-5-7-12(23-4-2)15(11)18-14(21)10-24-16-17-9-8-13(20)19-16/h5-9H,3-4,10H2,1-2H3,(H,18,21)(H,17,19,20). The minimum absolute atomic E-state index is 0.0962. The van der Waals surface area contributed by atoms with Gasteiger partial charge in [-0.25, -0.2) is 4.98 Å². The number of anilines is 1. The van der Waals surface area contributed by atoms with Gasteiger partial charge in [0.25, 0.3) is 5.56 Å². The molecule has 0 aliphatic carbocycles. The predicted molar refractivity (Wildman–Crippen MR) is 93.0 cm³/mol. The van der Waals surface area contributed by atoms with Crippen LogP contribution in [-0.2, 0) is 4.79 Å². The van der Waals surface area contributed by atoms with E-state index in [9.17, 15) is 9.59 Å². The van der Waals surface area contributed by atoms with Gasteiger partial charge in [0.1, 0.15) is 17.2 Å². The fourth-order valence-electron chi connectivity index (χ4n) is 1.92. The number of carbonyl (C=O) groups is 1. The van der Waals surface area contributed by atoms with Crippen molar-refractivity contribution in [3.05, 3.63) is 40.8 Å². The third-order valence-electron chi connectivity index (χ3n) is 2.84. The van der Waals surface area contributed by atoms with Gasteiger partial charge < -0.3 is 19.8 Å². The first-order valence-electron chi connectivity index (χ1n) is 7.50. The molecule has 0 spiro atoms. The summed E-state index contributed by atoms with van der Waals surface area (Å²) in [4.78, 5) is 30.0. The minimum Gasteiger partial charge on any atom is -0.492 e. The first-order valence-corrected chi connectivity index (χ1v) is 8.49. The van der Waals surface area contributed by atoms with Gasteiger partial charge in [-0.2, -0.15) is 0 Å². The Morgan fingerprint density at radius 2 is 1.88 bits per heavy atom. The molecule has 0 bridgehead atoms. The van der Waals surface area contributed by atoms with Crippen LogP contribution >= 0.6 is 11.8 Å². The Morgan fingerprint density at radius 1 is 1.21 bits per heavy atom. The number of carbonyl (C=O) groups excluding carboxylic acids is 1. The highest BCUT2D eigenvalue weighted by atomic mass is 32.2. The summed E-state index contributed by atoms with van der Waals surface area (Å²) >= 11 is 1.14. The smallest absolute Gasteiger partial charge is 0.251 e. The van der Waals surface area contributed by atoms with E-state index in [1.165, 1.54) is 12.3 Å². The molecule has 0 unspecified atom stereocenters. The van der Waals surface area contributed by atoms with E-state index in [2.05, 4.69) is 15.3 Å². The van der Waals surface area contributed by atoms with Crippen molar-refractivity contribution in [1.82, 2.24) is 9.97 Å². The Balaban J connectivity index is 2.08. The van der Waals surface area contributed by atoms with E-state index in [1.807, 2.05) is 13.8 Å². The van der Waals surface area contributed by atoms with Gasteiger partial charge in [0.2, 0.25) is 5.91 Å². The van der Waals surface area contributed by atoms with Gasteiger partial charge in [-0.1, -0.05) is 17.8 Å². The highest BCUT2D eigenvalue weighted by molar-refractivity contribution is 7.99. The Hall–Kier alpha value is -2.48. The Morgan fingerprint density at radius 3 is 2.46 bits per heavy atom. The summed E-state index contributed by atoms with van der Waals surface area (Å²) in [7, 11) is 0. The molecule has 0 aliphatic rings. The lowest BCUT2D eigenvalue weighted by molar-refractivity contribution is -0.113. The number of aromatic nitrogens is 2. The summed E-state index contributed by atoms with van der Waals surface area (Å²) in [5.41, 5.74) is 0.245. The average molecular weight is 349 g/mol. The van der Waals surface area contributed by atoms with Gasteiger partial charge >= 0.3 is 0 Å². The lowest BCUT2D eigenvalue weighted by Crippen LogP contribution is -2.17. The summed E-state index contributed by atoms with van der Waals surface area (Å²) in [6.45, 7) is 4.68. The molecule has 1 aromatic heterocycles. The van der Waals surface area contributed by atoms with E-state index in [-0.39, 0.29) is 17.2 Å². The minimum atomic E-state index is -0.256. The van der Waals surface area contributed by atoms with Crippen molar-refractivity contribution < 1.29 is 14.3 Å². The summed E-state index contributed by atoms with van der Waals surface area (Å²) in [6, 6.07) is 6.66. The number of rotatable bonds is 8. The Labute approximate surface area is 143 Å². The van der Waals surface area contributed by atoms with Gasteiger partial charge in [-0.05, 0) is 26.0 Å². The van der Waals surface area contributed by atoms with Crippen LogP contribution in [0.15, 0.2) is 40.4 Å². The summed E-state index contributed by atoms with van der Waals surface area (Å²) in [6.07, 6.45) is 1.40. The zero-order chi connectivity index (χ0) is 17.4. The van der Waals surface area contributed by atoms with Gasteiger partial charge in [0.15, 0.2) is 5.16 Å². The molecule has 0 radical (unpaired) electrons. The number of nitrogens with one attached hydrogen (secondary N) is 2. The topological polar surface area (TPSA) is 93.3 Å². The van der Waals surface area contributed by atoms with Crippen LogP contribution in [0.5, 0.6) is 11.5 Å². The predicted octanol–water partition coefficient (Wildman–Crippen LogP) is 2.30. The van der Waals surface area contributed by atoms with Crippen LogP contribution in [0.1, 0.15) is 13.8 Å². The average Bonchev–Trinajstić information content (AvgIpc) is 2.56. The van der Waals surface area contributed by atoms with Crippen molar-refractivity contribution in [2.75, 3.05) is 24.3 Å². The monoisotopic (exact) mass is 349 g/mol. The number of nitrogens with zero attached hydrogens (tertiary/aromatic N) is 1. The van der Waals surface area contributed by atoms with Gasteiger partial charge in [0.05, 0.1) is 19.0 Å². The number of hydrogen-bond donors (Lipinski definition) is 2. The van der Waals surface area contributed by atoms with Crippen LogP contribution in [0, 0.1) is 0 Å². The second-order valence-electron chi connectivity index (χ2n) is 4.57. The van der Waals surface area contributed by atoms with Crippen LogP contribution in [0.3, 0.4) is 0 Å². The molecule has 128 valence electrons. The molecule has 24 heavy (non-hydrogen) atoms. The maximum Gasteiger partial charge on any atom is 0.251 e. The molecule has 0 fully saturated rings. The van der Waals surface area contributed by atoms with E-state index in [1.54, 1.807) is 18.2 Å². The quantitative estimate of drug-likeness (QED) is 0.561. The number of ether oxygens (including phenoxy) is 2. The molecule has 0 saturated carbocycles. The van der Waals surface area contributed by atoms with E-state index in [0.29, 0.717) is 35.6 Å². The number of aromatic amines is 1. The van der Waals surface area contributed by atoms with E-state index in [0.717, 1.165) is 11.8 Å². The summed E-state index contributed by atoms with van der Waals surface area (Å²) < 4.78 is 11.1. The number of H-pyrrole nitrogens is 1. The molecular weight excluding hydrogens is 330 g/mol. The number of benzene rings is 1. The maximum atomic E-state index is 12.2. The van der Waals surface area contributed by atoms with Gasteiger partial charge in [0, 0.05) is 12.3 Å². The summed E-state index contributed by atoms with van der Waals surface area (Å²) in [5, 5.41) is 3.19. The van der Waals surface area contributed by atoms with Crippen molar-refractivity contribution in [1.29, 1.82) is 0 Å². The molecule has 7 nitrogen and oxygen atoms in total. The molecule has 1 aromatic carbocycles. The van der Waals surface area contributed by atoms with Crippen molar-refractivity contribution in [3.63, 3.8) is 0 Å². The van der Waals surface area contributed by atoms with Crippen LogP contribution in [-0.4, -0.2) is 34.8 Å². The SMILES string of the molecule is CCOc1cccc(OCC)c1NC(=O)CSc1nccc(=O)[nH]1. The fraction of sp³-hybridized carbons (Fsp3) is 0.312. The maximum absolute atomic E-state index is 12.2. The van der Waals surface area contributed by atoms with Gasteiger partial charge in [-0.3, -0.25) is 9.59 Å². The molecule has 2 N–H and O–H groups in total. The van der Waals surface area contributed by atoms with E-state index in [4.69, 9.17) is 9.47 Å². The third kappa shape index (κ3) is 5.02. The zero-order valence-electron chi connectivity index (χ0n) is 13.5.